The number of amides is 1. The molecule has 0 bridgehead atoms. The molecule has 129 valence electrons. The topological polar surface area (TPSA) is 68.1 Å². The van der Waals surface area contributed by atoms with E-state index in [-0.39, 0.29) is 5.91 Å². The first-order valence-corrected chi connectivity index (χ1v) is 9.44. The number of aryl methyl sites for hydroxylation is 1. The monoisotopic (exact) mass is 362 g/mol. The molecule has 0 unspecified atom stereocenters. The predicted molar refractivity (Wildman–Crippen MR) is 106 cm³/mol. The number of aromatic nitrogens is 1. The smallest absolute Gasteiger partial charge is 0.326 e. The average Bonchev–Trinajstić information content (AvgIpc) is 3.31. The van der Waals surface area contributed by atoms with Crippen molar-refractivity contribution in [1.29, 1.82) is 0 Å². The van der Waals surface area contributed by atoms with Crippen molar-refractivity contribution in [2.24, 2.45) is 0 Å². The number of carbonyl (C=O) groups is 1. The normalized spacial score (nSPS) is 12.2. The van der Waals surface area contributed by atoms with Gasteiger partial charge in [-0.3, -0.25) is 4.79 Å². The highest BCUT2D eigenvalue weighted by Gasteiger charge is 2.27. The second-order valence-corrected chi connectivity index (χ2v) is 6.80. The van der Waals surface area contributed by atoms with Gasteiger partial charge < -0.3 is 5.32 Å². The van der Waals surface area contributed by atoms with Crippen LogP contribution in [0.4, 0.5) is 17.1 Å². The van der Waals surface area contributed by atoms with Crippen molar-refractivity contribution in [3.8, 4) is 0 Å². The van der Waals surface area contributed by atoms with E-state index in [1.165, 1.54) is 16.9 Å². The summed E-state index contributed by atoms with van der Waals surface area (Å²) in [6.45, 7) is 0. The Morgan fingerprint density at radius 2 is 2.08 bits per heavy atom. The van der Waals surface area contributed by atoms with Crippen LogP contribution < -0.4 is 15.6 Å². The molecule has 1 radical (unpaired) electrons. The summed E-state index contributed by atoms with van der Waals surface area (Å²) in [7, 11) is 0. The number of carbonyl (C=O) groups excluding carboxylic acids is 1. The molecule has 0 saturated carbocycles. The van der Waals surface area contributed by atoms with E-state index in [1.807, 2.05) is 41.8 Å². The molecule has 0 fully saturated rings. The van der Waals surface area contributed by atoms with Gasteiger partial charge in [-0.2, -0.15) is 0 Å². The van der Waals surface area contributed by atoms with E-state index < -0.39 is 0 Å². The number of hydrogen-bond acceptors (Lipinski definition) is 5. The van der Waals surface area contributed by atoms with Crippen LogP contribution in [0.5, 0.6) is 0 Å². The van der Waals surface area contributed by atoms with Gasteiger partial charge in [-0.05, 0) is 35.5 Å². The molecule has 6 heteroatoms. The number of hydrogen-bond donors (Lipinski definition) is 2. The van der Waals surface area contributed by atoms with Crippen molar-refractivity contribution in [3.05, 3.63) is 70.7 Å². The van der Waals surface area contributed by atoms with Crippen molar-refractivity contribution in [2.75, 3.05) is 10.6 Å². The minimum atomic E-state index is 0.0273. The van der Waals surface area contributed by atoms with Crippen LogP contribution in [0.15, 0.2) is 59.4 Å². The van der Waals surface area contributed by atoms with Gasteiger partial charge in [0.05, 0.1) is 5.51 Å². The summed E-state index contributed by atoms with van der Waals surface area (Å²) in [6.07, 6.45) is 2.24. The molecule has 26 heavy (non-hydrogen) atoms. The Hall–Kier alpha value is -2.99. The van der Waals surface area contributed by atoms with Crippen LogP contribution in [0.3, 0.4) is 0 Å². The lowest BCUT2D eigenvalue weighted by Crippen LogP contribution is -2.13. The zero-order valence-electron chi connectivity index (χ0n) is 14.1. The van der Waals surface area contributed by atoms with E-state index in [1.54, 1.807) is 5.51 Å². The minimum absolute atomic E-state index is 0.0273. The number of thiazole rings is 1. The molecule has 2 N–H and O–H groups in total. The summed E-state index contributed by atoms with van der Waals surface area (Å²) in [4.78, 5) is 21.0. The van der Waals surface area contributed by atoms with Crippen LogP contribution in [0.2, 0.25) is 0 Å². The summed E-state index contributed by atoms with van der Waals surface area (Å²) in [5, 5.41) is 8.17. The molecule has 0 aliphatic carbocycles. The highest BCUT2D eigenvalue weighted by Crippen LogP contribution is 2.29. The Bertz CT molecular complexity index is 936. The first-order chi connectivity index (χ1) is 12.8. The molecule has 0 spiro atoms. The molecular formula is C20H18N4OS+. The SMILES string of the molecule is O=C(CCCc1ccccc1)Nc1ccc2c(c1)NC(c1cscn1)=[N+]2. The van der Waals surface area contributed by atoms with E-state index >= 15 is 0 Å². The standard InChI is InChI=1S/C20H18N4OS/c25-19(8-4-7-14-5-2-1-3-6-14)22-15-9-10-16-17(11-15)24-20(23-16)18-12-26-13-21-18/h1-3,5-6,9-13,24H,4,7-8H2,(H,22,25)/q+1. The molecule has 1 aliphatic heterocycles. The van der Waals surface area contributed by atoms with Crippen LogP contribution in [0.25, 0.3) is 0 Å². The Kier molecular flexibility index (Phi) is 4.75. The van der Waals surface area contributed by atoms with E-state index in [0.717, 1.165) is 41.4 Å². The van der Waals surface area contributed by atoms with Crippen molar-refractivity contribution in [2.45, 2.75) is 19.3 Å². The molecule has 0 atom stereocenters. The second kappa shape index (κ2) is 7.49. The highest BCUT2D eigenvalue weighted by molar-refractivity contribution is 7.07. The number of rotatable bonds is 6. The molecule has 3 aromatic rings. The van der Waals surface area contributed by atoms with Crippen LogP contribution in [0.1, 0.15) is 24.1 Å². The first-order valence-electron chi connectivity index (χ1n) is 8.50. The highest BCUT2D eigenvalue weighted by atomic mass is 32.1. The van der Waals surface area contributed by atoms with Gasteiger partial charge in [0.2, 0.25) is 11.6 Å². The molecule has 5 nitrogen and oxygen atoms in total. The van der Waals surface area contributed by atoms with E-state index in [0.29, 0.717) is 6.42 Å². The fourth-order valence-electron chi connectivity index (χ4n) is 2.86. The fraction of sp³-hybridized carbons (Fsp3) is 0.150. The third-order valence-electron chi connectivity index (χ3n) is 4.15. The number of nitrogens with one attached hydrogen (secondary N) is 2. The van der Waals surface area contributed by atoms with Crippen LogP contribution in [0, 0.1) is 0 Å². The molecule has 1 aromatic heterocycles. The summed E-state index contributed by atoms with van der Waals surface area (Å²) in [6, 6.07) is 15.9. The molecule has 1 aliphatic rings. The molecule has 0 saturated heterocycles. The van der Waals surface area contributed by atoms with Gasteiger partial charge in [0.1, 0.15) is 0 Å². The van der Waals surface area contributed by atoms with Gasteiger partial charge in [0.25, 0.3) is 0 Å². The van der Waals surface area contributed by atoms with E-state index in [2.05, 4.69) is 32.7 Å². The van der Waals surface area contributed by atoms with Gasteiger partial charge in [-0.1, -0.05) is 30.3 Å². The number of nitrogens with zero attached hydrogens (tertiary/aromatic N) is 2. The number of aliphatic imine (C=N–C) groups is 1. The van der Waals surface area contributed by atoms with Gasteiger partial charge in [0.15, 0.2) is 11.4 Å². The predicted octanol–water partition coefficient (Wildman–Crippen LogP) is 3.94. The lowest BCUT2D eigenvalue weighted by atomic mass is 10.1. The largest absolute Gasteiger partial charge is 0.348 e. The van der Waals surface area contributed by atoms with Crippen LogP contribution in [-0.4, -0.2) is 16.7 Å². The average molecular weight is 362 g/mol. The first kappa shape index (κ1) is 16.5. The van der Waals surface area contributed by atoms with Gasteiger partial charge >= 0.3 is 5.84 Å². The summed E-state index contributed by atoms with van der Waals surface area (Å²) < 4.78 is 0. The second-order valence-electron chi connectivity index (χ2n) is 6.08. The third-order valence-corrected chi connectivity index (χ3v) is 4.74. The van der Waals surface area contributed by atoms with Crippen molar-refractivity contribution in [1.82, 2.24) is 9.98 Å². The zero-order chi connectivity index (χ0) is 17.8. The maximum Gasteiger partial charge on any atom is 0.348 e. The summed E-state index contributed by atoms with van der Waals surface area (Å²) in [5.74, 6) is 0.770. The van der Waals surface area contributed by atoms with Gasteiger partial charge in [0, 0.05) is 23.6 Å². The number of anilines is 2. The number of benzene rings is 2. The quantitative estimate of drug-likeness (QED) is 0.698. The van der Waals surface area contributed by atoms with E-state index in [9.17, 15) is 4.79 Å². The lowest BCUT2D eigenvalue weighted by molar-refractivity contribution is -0.116. The Labute approximate surface area is 155 Å². The fourth-order valence-corrected chi connectivity index (χ4v) is 3.40. The molecule has 4 rings (SSSR count). The molecule has 2 heterocycles. The Morgan fingerprint density at radius 3 is 2.88 bits per heavy atom. The Morgan fingerprint density at radius 1 is 1.19 bits per heavy atom. The lowest BCUT2D eigenvalue weighted by Gasteiger charge is -2.05. The van der Waals surface area contributed by atoms with Crippen LogP contribution in [-0.2, 0) is 11.2 Å². The molecular weight excluding hydrogens is 344 g/mol. The van der Waals surface area contributed by atoms with E-state index in [4.69, 9.17) is 0 Å². The van der Waals surface area contributed by atoms with Gasteiger partial charge in [-0.15, -0.1) is 11.3 Å². The number of amidine groups is 1. The van der Waals surface area contributed by atoms with Crippen molar-refractivity contribution < 1.29 is 4.79 Å². The van der Waals surface area contributed by atoms with Gasteiger partial charge in [-0.25, -0.2) is 10.3 Å². The summed E-state index contributed by atoms with van der Waals surface area (Å²) >= 11 is 1.53. The zero-order valence-corrected chi connectivity index (χ0v) is 14.9. The Balaban J connectivity index is 1.32. The molecule has 2 aromatic carbocycles. The maximum absolute atomic E-state index is 12.2. The third kappa shape index (κ3) is 3.81. The number of fused-ring (bicyclic) bond motifs is 1. The molecule has 1 amide bonds. The minimum Gasteiger partial charge on any atom is -0.326 e. The van der Waals surface area contributed by atoms with Crippen molar-refractivity contribution >= 4 is 40.1 Å². The maximum atomic E-state index is 12.2. The van der Waals surface area contributed by atoms with Crippen molar-refractivity contribution in [3.63, 3.8) is 0 Å². The summed E-state index contributed by atoms with van der Waals surface area (Å²) in [5.41, 5.74) is 6.39. The van der Waals surface area contributed by atoms with Crippen LogP contribution >= 0.6 is 11.3 Å².